The first-order valence-corrected chi connectivity index (χ1v) is 18.0. The molecule has 1 aromatic heterocycles. The van der Waals surface area contributed by atoms with Crippen LogP contribution >= 0.6 is 23.2 Å². The number of anilines is 1. The first-order chi connectivity index (χ1) is 23.1. The van der Waals surface area contributed by atoms with Crippen LogP contribution in [0.15, 0.2) is 42.6 Å². The largest absolute Gasteiger partial charge is 0.481 e. The van der Waals surface area contributed by atoms with Gasteiger partial charge in [0.1, 0.15) is 0 Å². The number of carboxylic acid groups (broad SMARTS) is 1. The quantitative estimate of drug-likeness (QED) is 0.236. The Balaban J connectivity index is 1.13. The molecule has 0 unspecified atom stereocenters. The van der Waals surface area contributed by atoms with Gasteiger partial charge in [0.2, 0.25) is 5.91 Å². The maximum atomic E-state index is 14.0. The third kappa shape index (κ3) is 7.70. The van der Waals surface area contributed by atoms with Crippen molar-refractivity contribution in [3.63, 3.8) is 0 Å². The smallest absolute Gasteiger partial charge is 0.306 e. The van der Waals surface area contributed by atoms with Gasteiger partial charge in [-0.15, -0.1) is 0 Å². The molecule has 3 aliphatic rings. The average Bonchev–Trinajstić information content (AvgIpc) is 3.67. The highest BCUT2D eigenvalue weighted by Gasteiger charge is 2.39. The second kappa shape index (κ2) is 15.2. The van der Waals surface area contributed by atoms with Crippen molar-refractivity contribution in [3.05, 3.63) is 63.8 Å². The number of fused-ring (bicyclic) bond motifs is 1. The van der Waals surface area contributed by atoms with Crippen LogP contribution in [0.4, 0.5) is 5.69 Å². The zero-order chi connectivity index (χ0) is 33.9. The van der Waals surface area contributed by atoms with Crippen molar-refractivity contribution in [3.8, 4) is 0 Å². The number of aliphatic carboxylic acids is 1. The number of likely N-dealkylation sites (tertiary alicyclic amines) is 2. The highest BCUT2D eigenvalue weighted by atomic mass is 35.5. The number of carboxylic acids is 1. The van der Waals surface area contributed by atoms with Crippen molar-refractivity contribution in [1.29, 1.82) is 0 Å². The number of hydrogen-bond acceptors (Lipinski definition) is 5. The summed E-state index contributed by atoms with van der Waals surface area (Å²) in [5.41, 5.74) is 2.51. The Bertz CT molecular complexity index is 1640. The maximum Gasteiger partial charge on any atom is 0.306 e. The topological polar surface area (TPSA) is 104 Å². The predicted molar refractivity (Wildman–Crippen MR) is 189 cm³/mol. The molecule has 2 atom stereocenters. The van der Waals surface area contributed by atoms with Crippen LogP contribution in [0.3, 0.4) is 0 Å². The highest BCUT2D eigenvalue weighted by Crippen LogP contribution is 2.36. The zero-order valence-corrected chi connectivity index (χ0v) is 29.3. The van der Waals surface area contributed by atoms with E-state index in [4.69, 9.17) is 27.9 Å². The summed E-state index contributed by atoms with van der Waals surface area (Å²) in [6, 6.07) is 11.5. The molecule has 0 bridgehead atoms. The lowest BCUT2D eigenvalue weighted by Gasteiger charge is -2.35. The molecule has 6 rings (SSSR count). The fourth-order valence-electron chi connectivity index (χ4n) is 8.13. The number of nitrogens with one attached hydrogen (secondary N) is 1. The van der Waals surface area contributed by atoms with E-state index in [9.17, 15) is 19.5 Å². The van der Waals surface area contributed by atoms with Crippen LogP contribution in [0.5, 0.6) is 0 Å². The van der Waals surface area contributed by atoms with E-state index in [2.05, 4.69) is 15.1 Å². The summed E-state index contributed by atoms with van der Waals surface area (Å²) in [5.74, 6) is -0.668. The fourth-order valence-corrected chi connectivity index (χ4v) is 8.60. The van der Waals surface area contributed by atoms with Gasteiger partial charge in [-0.25, -0.2) is 0 Å². The van der Waals surface area contributed by atoms with Crippen LogP contribution in [-0.2, 0) is 27.8 Å². The number of rotatable bonds is 10. The number of amides is 2. The minimum Gasteiger partial charge on any atom is -0.481 e. The molecule has 1 aliphatic carbocycles. The van der Waals surface area contributed by atoms with Gasteiger partial charge < -0.3 is 24.6 Å². The first kappa shape index (κ1) is 34.7. The normalized spacial score (nSPS) is 23.9. The van der Waals surface area contributed by atoms with E-state index in [0.29, 0.717) is 51.5 Å². The first-order valence-electron chi connectivity index (χ1n) is 17.2. The number of halogens is 2. The number of ether oxygens (including phenoxy) is 1. The molecule has 9 nitrogen and oxygen atoms in total. The van der Waals surface area contributed by atoms with Crippen molar-refractivity contribution in [2.45, 2.75) is 82.4 Å². The molecule has 1 saturated carbocycles. The van der Waals surface area contributed by atoms with Gasteiger partial charge >= 0.3 is 5.97 Å². The summed E-state index contributed by atoms with van der Waals surface area (Å²) in [5, 5.41) is 13.9. The Labute approximate surface area is 292 Å². The molecule has 0 radical (unpaired) electrons. The Hall–Kier alpha value is -3.11. The standard InChI is InChI=1S/C37H46Cl2N4O5/c1-41-22-30(29-5-3-4-6-34(29)41)36(45)40-33-20-31(38)25(17-32(33)39)18-35(44)43-21-27(42-15-13-28(48-2)14-16-42)19-26(43)12-9-23-7-10-24(11-8-23)37(46)47/h3-6,17,20,22-24,26-28H,7-16,18-19,21H2,1-2H3,(H,40,45)(H,46,47)/t23-,24-,26-,27+/m1/s1. The van der Waals surface area contributed by atoms with Crippen LogP contribution < -0.4 is 5.32 Å². The minimum absolute atomic E-state index is 0.0226. The molecule has 2 amide bonds. The molecule has 2 aliphatic heterocycles. The summed E-state index contributed by atoms with van der Waals surface area (Å²) < 4.78 is 7.50. The van der Waals surface area contributed by atoms with Crippen molar-refractivity contribution >= 4 is 57.6 Å². The van der Waals surface area contributed by atoms with Crippen molar-refractivity contribution in [1.82, 2.24) is 14.4 Å². The molecular formula is C37H46Cl2N4O5. The molecule has 2 saturated heterocycles. The molecule has 48 heavy (non-hydrogen) atoms. The third-order valence-electron chi connectivity index (χ3n) is 11.0. The number of carbonyl (C=O) groups is 3. The van der Waals surface area contributed by atoms with Crippen LogP contribution in [0, 0.1) is 11.8 Å². The van der Waals surface area contributed by atoms with E-state index in [0.717, 1.165) is 81.8 Å². The average molecular weight is 698 g/mol. The second-order valence-electron chi connectivity index (χ2n) is 13.9. The van der Waals surface area contributed by atoms with E-state index in [1.807, 2.05) is 35.9 Å². The molecule has 2 aromatic carbocycles. The van der Waals surface area contributed by atoms with E-state index < -0.39 is 5.97 Å². The number of para-hydroxylation sites is 1. The molecule has 3 aromatic rings. The summed E-state index contributed by atoms with van der Waals surface area (Å²) in [6.45, 7) is 2.60. The van der Waals surface area contributed by atoms with Crippen molar-refractivity contribution in [2.75, 3.05) is 32.1 Å². The molecule has 2 N–H and O–H groups in total. The second-order valence-corrected chi connectivity index (χ2v) is 14.7. The number of aromatic nitrogens is 1. The van der Waals surface area contributed by atoms with Gasteiger partial charge in [0, 0.05) is 68.0 Å². The van der Waals surface area contributed by atoms with Crippen LogP contribution in [0.25, 0.3) is 10.9 Å². The SMILES string of the molecule is COC1CCN([C@H]2C[C@@H](CC[C@H]3CC[C@H](C(=O)O)CC3)N(C(=O)Cc3cc(Cl)c(NC(=O)c4cn(C)c5ccccc45)cc3Cl)C2)CC1. The van der Waals surface area contributed by atoms with Gasteiger partial charge in [0.05, 0.1) is 34.7 Å². The summed E-state index contributed by atoms with van der Waals surface area (Å²) in [6.07, 6.45) is 10.4. The molecular weight excluding hydrogens is 651 g/mol. The number of aryl methyl sites for hydroxylation is 1. The predicted octanol–water partition coefficient (Wildman–Crippen LogP) is 7.03. The van der Waals surface area contributed by atoms with E-state index in [-0.39, 0.29) is 30.2 Å². The monoisotopic (exact) mass is 696 g/mol. The van der Waals surface area contributed by atoms with Gasteiger partial charge in [-0.3, -0.25) is 19.3 Å². The lowest BCUT2D eigenvalue weighted by atomic mass is 9.79. The van der Waals surface area contributed by atoms with Gasteiger partial charge in [0.15, 0.2) is 0 Å². The molecule has 3 fully saturated rings. The van der Waals surface area contributed by atoms with Gasteiger partial charge in [-0.05, 0) is 87.5 Å². The number of hydrogen-bond donors (Lipinski definition) is 2. The molecule has 258 valence electrons. The summed E-state index contributed by atoms with van der Waals surface area (Å²) >= 11 is 13.4. The lowest BCUT2D eigenvalue weighted by molar-refractivity contribution is -0.143. The Morgan fingerprint density at radius 2 is 1.71 bits per heavy atom. The van der Waals surface area contributed by atoms with Crippen LogP contribution in [0.2, 0.25) is 10.0 Å². The van der Waals surface area contributed by atoms with E-state index in [1.165, 1.54) is 0 Å². The number of benzene rings is 2. The summed E-state index contributed by atoms with van der Waals surface area (Å²) in [7, 11) is 3.68. The maximum absolute atomic E-state index is 14.0. The zero-order valence-electron chi connectivity index (χ0n) is 27.8. The highest BCUT2D eigenvalue weighted by molar-refractivity contribution is 6.36. The fraction of sp³-hybridized carbons (Fsp3) is 0.541. The molecule has 0 spiro atoms. The summed E-state index contributed by atoms with van der Waals surface area (Å²) in [4.78, 5) is 43.3. The van der Waals surface area contributed by atoms with E-state index >= 15 is 0 Å². The number of nitrogens with zero attached hydrogens (tertiary/aromatic N) is 3. The lowest BCUT2D eigenvalue weighted by Crippen LogP contribution is -2.45. The minimum atomic E-state index is -0.680. The van der Waals surface area contributed by atoms with Gasteiger partial charge in [-0.1, -0.05) is 41.4 Å². The Morgan fingerprint density at radius 1 is 0.979 bits per heavy atom. The molecule has 11 heteroatoms. The van der Waals surface area contributed by atoms with Gasteiger partial charge in [0.25, 0.3) is 5.91 Å². The Kier molecular flexibility index (Phi) is 11.0. The Morgan fingerprint density at radius 3 is 2.42 bits per heavy atom. The van der Waals surface area contributed by atoms with Crippen molar-refractivity contribution < 1.29 is 24.2 Å². The van der Waals surface area contributed by atoms with Crippen LogP contribution in [0.1, 0.15) is 73.7 Å². The van der Waals surface area contributed by atoms with E-state index in [1.54, 1.807) is 25.4 Å². The number of methoxy groups -OCH3 is 1. The number of carbonyl (C=O) groups excluding carboxylic acids is 2. The van der Waals surface area contributed by atoms with Crippen LogP contribution in [-0.4, -0.2) is 82.2 Å². The number of piperidine rings is 1. The van der Waals surface area contributed by atoms with Crippen molar-refractivity contribution in [2.24, 2.45) is 18.9 Å². The third-order valence-corrected chi connectivity index (χ3v) is 11.7. The molecule has 3 heterocycles. The van der Waals surface area contributed by atoms with Gasteiger partial charge in [-0.2, -0.15) is 0 Å².